The Kier molecular flexibility index (Phi) is 3.64. The Balaban J connectivity index is 2.16. The third-order valence-electron chi connectivity index (χ3n) is 3.24. The Morgan fingerprint density at radius 3 is 2.80 bits per heavy atom. The normalized spacial score (nSPS) is 10.7. The summed E-state index contributed by atoms with van der Waals surface area (Å²) in [6.07, 6.45) is 5.78. The third kappa shape index (κ3) is 2.37. The third-order valence-corrected chi connectivity index (χ3v) is 3.24. The number of rotatable bonds is 4. The lowest BCUT2D eigenvalue weighted by molar-refractivity contribution is 0.318. The van der Waals surface area contributed by atoms with Gasteiger partial charge in [0.15, 0.2) is 0 Å². The van der Waals surface area contributed by atoms with Gasteiger partial charge in [-0.15, -0.1) is 0 Å². The molecule has 0 unspecified atom stereocenters. The van der Waals surface area contributed by atoms with Crippen LogP contribution in [0.25, 0.3) is 21.9 Å². The van der Waals surface area contributed by atoms with Crippen LogP contribution >= 0.6 is 0 Å². The van der Waals surface area contributed by atoms with Crippen molar-refractivity contribution in [2.75, 3.05) is 6.61 Å². The van der Waals surface area contributed by atoms with Gasteiger partial charge in [-0.05, 0) is 28.8 Å². The van der Waals surface area contributed by atoms with Crippen LogP contribution in [0.4, 0.5) is 0 Å². The number of fused-ring (bicyclic) bond motifs is 1. The van der Waals surface area contributed by atoms with Crippen molar-refractivity contribution < 1.29 is 4.74 Å². The van der Waals surface area contributed by atoms with E-state index in [-0.39, 0.29) is 0 Å². The monoisotopic (exact) mass is 262 g/mol. The molecule has 1 heterocycles. The second kappa shape index (κ2) is 5.74. The first kappa shape index (κ1) is 12.7. The smallest absolute Gasteiger partial charge is 0.130 e. The van der Waals surface area contributed by atoms with Crippen molar-refractivity contribution in [3.05, 3.63) is 60.9 Å². The zero-order valence-electron chi connectivity index (χ0n) is 11.5. The Hall–Kier alpha value is -2.35. The van der Waals surface area contributed by atoms with Crippen molar-refractivity contribution in [1.29, 1.82) is 0 Å². The number of benzene rings is 2. The van der Waals surface area contributed by atoms with Crippen LogP contribution in [-0.2, 0) is 0 Å². The fraction of sp³-hybridized carbons (Fsp3) is 0.167. The van der Waals surface area contributed by atoms with Crippen molar-refractivity contribution in [3.8, 4) is 16.9 Å². The largest absolute Gasteiger partial charge is 0.493 e. The maximum Gasteiger partial charge on any atom is 0.130 e. The molecule has 2 nitrogen and oxygen atoms in total. The highest BCUT2D eigenvalue weighted by Gasteiger charge is 2.09. The summed E-state index contributed by atoms with van der Waals surface area (Å²) in [5.41, 5.74) is 2.04. The van der Waals surface area contributed by atoms with Gasteiger partial charge in [-0.3, -0.25) is 4.98 Å². The van der Waals surface area contributed by atoms with E-state index in [0.29, 0.717) is 6.61 Å². The molecule has 0 aliphatic heterocycles. The summed E-state index contributed by atoms with van der Waals surface area (Å²) in [6.45, 7) is 2.80. The lowest BCUT2D eigenvalue weighted by atomic mass is 9.99. The number of pyridine rings is 1. The predicted molar refractivity (Wildman–Crippen MR) is 81.8 cm³/mol. The van der Waals surface area contributed by atoms with Crippen molar-refractivity contribution in [2.45, 2.75) is 13.3 Å². The topological polar surface area (TPSA) is 22.1 Å². The van der Waals surface area contributed by atoms with E-state index in [2.05, 4.69) is 54.5 Å². The average molecular weight is 262 g/mol. The molecule has 0 fully saturated rings. The molecule has 0 saturated heterocycles. The van der Waals surface area contributed by atoms with E-state index in [9.17, 15) is 0 Å². The van der Waals surface area contributed by atoms with Gasteiger partial charge in [0.05, 0.1) is 12.2 Å². The van der Waals surface area contributed by atoms with Gasteiger partial charge in [-0.25, -0.2) is 0 Å². The van der Waals surface area contributed by atoms with Crippen LogP contribution in [0.2, 0.25) is 0 Å². The molecule has 0 aliphatic rings. The molecule has 1 radical (unpaired) electrons. The van der Waals surface area contributed by atoms with E-state index >= 15 is 0 Å². The Labute approximate surface area is 119 Å². The highest BCUT2D eigenvalue weighted by Crippen LogP contribution is 2.33. The molecule has 1 aromatic heterocycles. The van der Waals surface area contributed by atoms with Gasteiger partial charge in [0.1, 0.15) is 11.9 Å². The second-order valence-electron chi connectivity index (χ2n) is 4.67. The van der Waals surface area contributed by atoms with Gasteiger partial charge < -0.3 is 4.74 Å². The van der Waals surface area contributed by atoms with Gasteiger partial charge in [0.2, 0.25) is 0 Å². The molecule has 2 aromatic carbocycles. The SMILES string of the molecule is CCCOc1ccn[c]c1-c1cccc2ccccc12. The Bertz CT molecular complexity index is 716. The van der Waals surface area contributed by atoms with E-state index in [4.69, 9.17) is 4.74 Å². The molecule has 0 aliphatic carbocycles. The van der Waals surface area contributed by atoms with Crippen molar-refractivity contribution in [2.24, 2.45) is 0 Å². The van der Waals surface area contributed by atoms with Crippen molar-refractivity contribution in [1.82, 2.24) is 4.98 Å². The van der Waals surface area contributed by atoms with E-state index in [1.165, 1.54) is 10.8 Å². The van der Waals surface area contributed by atoms with Crippen molar-refractivity contribution >= 4 is 10.8 Å². The first-order valence-electron chi connectivity index (χ1n) is 6.88. The van der Waals surface area contributed by atoms with Crippen LogP contribution in [-0.4, -0.2) is 11.6 Å². The predicted octanol–water partition coefficient (Wildman–Crippen LogP) is 4.49. The van der Waals surface area contributed by atoms with Gasteiger partial charge in [-0.1, -0.05) is 49.4 Å². The van der Waals surface area contributed by atoms with E-state index in [1.54, 1.807) is 6.20 Å². The lowest BCUT2D eigenvalue weighted by Crippen LogP contribution is -1.97. The minimum Gasteiger partial charge on any atom is -0.493 e. The molecule has 20 heavy (non-hydrogen) atoms. The van der Waals surface area contributed by atoms with Crippen LogP contribution in [0.1, 0.15) is 13.3 Å². The van der Waals surface area contributed by atoms with E-state index in [0.717, 1.165) is 23.3 Å². The van der Waals surface area contributed by atoms with Crippen LogP contribution in [0, 0.1) is 6.20 Å². The Morgan fingerprint density at radius 1 is 1.05 bits per heavy atom. The molecule has 0 amide bonds. The molecule has 2 heteroatoms. The first-order chi connectivity index (χ1) is 9.90. The summed E-state index contributed by atoms with van der Waals surface area (Å²) in [4.78, 5) is 4.13. The second-order valence-corrected chi connectivity index (χ2v) is 4.67. The number of aromatic nitrogens is 1. The minimum absolute atomic E-state index is 0.704. The molecule has 0 bridgehead atoms. The number of nitrogens with zero attached hydrogens (tertiary/aromatic N) is 1. The van der Waals surface area contributed by atoms with Gasteiger partial charge in [0, 0.05) is 6.20 Å². The average Bonchev–Trinajstić information content (AvgIpc) is 2.53. The maximum absolute atomic E-state index is 5.82. The summed E-state index contributed by atoms with van der Waals surface area (Å²) in [5.74, 6) is 0.846. The fourth-order valence-electron chi connectivity index (χ4n) is 2.31. The van der Waals surface area contributed by atoms with E-state index < -0.39 is 0 Å². The molecular formula is C18H16NO. The zero-order chi connectivity index (χ0) is 13.8. The summed E-state index contributed by atoms with van der Waals surface area (Å²) < 4.78 is 5.82. The van der Waals surface area contributed by atoms with Crippen LogP contribution in [0.5, 0.6) is 5.75 Å². The van der Waals surface area contributed by atoms with Crippen LogP contribution in [0.3, 0.4) is 0 Å². The van der Waals surface area contributed by atoms with Crippen molar-refractivity contribution in [3.63, 3.8) is 0 Å². The highest BCUT2D eigenvalue weighted by atomic mass is 16.5. The van der Waals surface area contributed by atoms with Gasteiger partial charge in [0.25, 0.3) is 0 Å². The molecule has 0 spiro atoms. The molecule has 0 saturated carbocycles. The molecule has 99 valence electrons. The lowest BCUT2D eigenvalue weighted by Gasteiger charge is -2.12. The standard InChI is InChI=1S/C18H16NO/c1-2-12-20-18-10-11-19-13-17(18)16-9-5-7-14-6-3-4-8-15(14)16/h3-11H,2,12H2,1H3. The first-order valence-corrected chi connectivity index (χ1v) is 6.88. The summed E-state index contributed by atoms with van der Waals surface area (Å²) in [5, 5.41) is 2.41. The zero-order valence-corrected chi connectivity index (χ0v) is 11.5. The quantitative estimate of drug-likeness (QED) is 0.691. The molecule has 3 aromatic rings. The van der Waals surface area contributed by atoms with Crippen LogP contribution in [0.15, 0.2) is 54.7 Å². The minimum atomic E-state index is 0.704. The number of hydrogen-bond acceptors (Lipinski definition) is 2. The summed E-state index contributed by atoms with van der Waals surface area (Å²) >= 11 is 0. The summed E-state index contributed by atoms with van der Waals surface area (Å²) in [7, 11) is 0. The van der Waals surface area contributed by atoms with Gasteiger partial charge in [-0.2, -0.15) is 0 Å². The van der Waals surface area contributed by atoms with E-state index in [1.807, 2.05) is 12.1 Å². The fourth-order valence-corrected chi connectivity index (χ4v) is 2.31. The highest BCUT2D eigenvalue weighted by molar-refractivity contribution is 5.97. The molecular weight excluding hydrogens is 246 g/mol. The number of ether oxygens (including phenoxy) is 1. The van der Waals surface area contributed by atoms with Gasteiger partial charge >= 0.3 is 0 Å². The molecule has 0 atom stereocenters. The molecule has 3 rings (SSSR count). The Morgan fingerprint density at radius 2 is 1.90 bits per heavy atom. The maximum atomic E-state index is 5.82. The summed E-state index contributed by atoms with van der Waals surface area (Å²) in [6, 6.07) is 16.5. The molecule has 0 N–H and O–H groups in total. The van der Waals surface area contributed by atoms with Crippen LogP contribution < -0.4 is 4.74 Å². The number of hydrogen-bond donors (Lipinski definition) is 0.